The van der Waals surface area contributed by atoms with Gasteiger partial charge < -0.3 is 21.1 Å². The Labute approximate surface area is 130 Å². The zero-order chi connectivity index (χ0) is 16.2. The quantitative estimate of drug-likeness (QED) is 0.595. The van der Waals surface area contributed by atoms with Crippen LogP contribution >= 0.6 is 0 Å². The van der Waals surface area contributed by atoms with E-state index in [1.54, 1.807) is 0 Å². The molecular weight excluding hydrogens is 282 g/mol. The van der Waals surface area contributed by atoms with Gasteiger partial charge in [0.2, 0.25) is 11.8 Å². The summed E-state index contributed by atoms with van der Waals surface area (Å²) in [6.45, 7) is 5.25. The lowest BCUT2D eigenvalue weighted by atomic mass is 10.0. The van der Waals surface area contributed by atoms with Crippen LogP contribution in [0.1, 0.15) is 24.0 Å². The number of carbonyl (C=O) groups excluding carboxylic acids is 2. The molecule has 2 amide bonds. The third-order valence-electron chi connectivity index (χ3n) is 4.04. The number of anilines is 1. The first kappa shape index (κ1) is 16.5. The van der Waals surface area contributed by atoms with Crippen LogP contribution < -0.4 is 16.0 Å². The van der Waals surface area contributed by atoms with Gasteiger partial charge >= 0.3 is 0 Å². The Kier molecular flexibility index (Phi) is 5.15. The number of nitrogens with one attached hydrogen (secondary N) is 3. The highest BCUT2D eigenvalue weighted by atomic mass is 16.3. The Morgan fingerprint density at radius 2 is 2.09 bits per heavy atom. The molecule has 1 aliphatic heterocycles. The number of hydrogen-bond donors (Lipinski definition) is 4. The summed E-state index contributed by atoms with van der Waals surface area (Å²) in [7, 11) is 0. The molecule has 1 saturated heterocycles. The van der Waals surface area contributed by atoms with Crippen LogP contribution in [0, 0.1) is 13.8 Å². The van der Waals surface area contributed by atoms with Gasteiger partial charge in [0, 0.05) is 18.8 Å². The van der Waals surface area contributed by atoms with E-state index in [-0.39, 0.29) is 24.8 Å². The van der Waals surface area contributed by atoms with E-state index in [9.17, 15) is 14.7 Å². The number of β-amino-alcohol motifs (C(OH)–C–C–N with tert-alkyl or cyclic N) is 1. The molecule has 0 spiro atoms. The number of benzene rings is 1. The third-order valence-corrected chi connectivity index (χ3v) is 4.04. The first-order valence-electron chi connectivity index (χ1n) is 7.45. The smallest absolute Gasteiger partial charge is 0.233 e. The molecule has 1 unspecified atom stereocenters. The summed E-state index contributed by atoms with van der Waals surface area (Å²) in [5, 5.41) is 18.5. The summed E-state index contributed by atoms with van der Waals surface area (Å²) in [5.74, 6) is -0.745. The molecular formula is C16H23N3O3. The zero-order valence-electron chi connectivity index (χ0n) is 13.0. The highest BCUT2D eigenvalue weighted by molar-refractivity contribution is 6.03. The van der Waals surface area contributed by atoms with Crippen molar-refractivity contribution in [1.29, 1.82) is 0 Å². The number of hydrogen-bond acceptors (Lipinski definition) is 4. The van der Waals surface area contributed by atoms with Crippen molar-refractivity contribution in [2.75, 3.05) is 25.0 Å². The molecule has 0 radical (unpaired) electrons. The molecule has 1 heterocycles. The highest BCUT2D eigenvalue weighted by Gasteiger charge is 2.31. The van der Waals surface area contributed by atoms with Crippen LogP contribution in [-0.4, -0.2) is 42.2 Å². The Morgan fingerprint density at radius 1 is 1.32 bits per heavy atom. The van der Waals surface area contributed by atoms with Crippen LogP contribution in [0.5, 0.6) is 0 Å². The van der Waals surface area contributed by atoms with Gasteiger partial charge in [0.15, 0.2) is 0 Å². The van der Waals surface area contributed by atoms with E-state index in [0.717, 1.165) is 23.4 Å². The second kappa shape index (κ2) is 6.89. The lowest BCUT2D eigenvalue weighted by molar-refractivity contribution is -0.127. The van der Waals surface area contributed by atoms with Gasteiger partial charge in [-0.15, -0.1) is 0 Å². The maximum absolute atomic E-state index is 11.9. The highest BCUT2D eigenvalue weighted by Crippen LogP contribution is 2.18. The van der Waals surface area contributed by atoms with E-state index in [2.05, 4.69) is 16.0 Å². The first-order chi connectivity index (χ1) is 10.4. The second-order valence-corrected chi connectivity index (χ2v) is 5.90. The van der Waals surface area contributed by atoms with Crippen molar-refractivity contribution < 1.29 is 14.7 Å². The number of amides is 2. The fourth-order valence-electron chi connectivity index (χ4n) is 2.43. The molecule has 4 N–H and O–H groups in total. The standard InChI is InChI=1S/C16H23N3O3/c1-11-4-3-5-13(12(11)2)19-15(21)8-14(20)18-10-16(22)6-7-17-9-16/h3-5,17,22H,6-10H2,1-2H3,(H,18,20)(H,19,21). The van der Waals surface area contributed by atoms with Gasteiger partial charge in [0.05, 0.1) is 5.60 Å². The van der Waals surface area contributed by atoms with E-state index >= 15 is 0 Å². The number of carbonyl (C=O) groups is 2. The minimum Gasteiger partial charge on any atom is -0.387 e. The van der Waals surface area contributed by atoms with Crippen LogP contribution in [0.25, 0.3) is 0 Å². The summed E-state index contributed by atoms with van der Waals surface area (Å²) in [6, 6.07) is 5.64. The molecule has 0 aromatic heterocycles. The summed E-state index contributed by atoms with van der Waals surface area (Å²) in [4.78, 5) is 23.7. The second-order valence-electron chi connectivity index (χ2n) is 5.90. The predicted octanol–water partition coefficient (Wildman–Crippen LogP) is 0.473. The van der Waals surface area contributed by atoms with Crippen molar-refractivity contribution in [3.8, 4) is 0 Å². The lowest BCUT2D eigenvalue weighted by Gasteiger charge is -2.21. The average molecular weight is 305 g/mol. The van der Waals surface area contributed by atoms with Gasteiger partial charge in [-0.25, -0.2) is 0 Å². The van der Waals surface area contributed by atoms with E-state index < -0.39 is 5.60 Å². The van der Waals surface area contributed by atoms with Crippen LogP contribution in [0.3, 0.4) is 0 Å². The van der Waals surface area contributed by atoms with Gasteiger partial charge in [-0.3, -0.25) is 9.59 Å². The van der Waals surface area contributed by atoms with Gasteiger partial charge in [-0.2, -0.15) is 0 Å². The molecule has 0 saturated carbocycles. The number of rotatable bonds is 5. The normalized spacial score (nSPS) is 20.7. The third kappa shape index (κ3) is 4.29. The van der Waals surface area contributed by atoms with Crippen molar-refractivity contribution >= 4 is 17.5 Å². The van der Waals surface area contributed by atoms with Crippen LogP contribution in [0.4, 0.5) is 5.69 Å². The molecule has 0 aliphatic carbocycles. The minimum absolute atomic E-state index is 0.162. The maximum Gasteiger partial charge on any atom is 0.233 e. The SMILES string of the molecule is Cc1cccc(NC(=O)CC(=O)NCC2(O)CCNC2)c1C. The fraction of sp³-hybridized carbons (Fsp3) is 0.500. The Hall–Kier alpha value is -1.92. The van der Waals surface area contributed by atoms with Crippen LogP contribution in [0.2, 0.25) is 0 Å². The van der Waals surface area contributed by atoms with Gasteiger partial charge in [0.1, 0.15) is 6.42 Å². The molecule has 1 aliphatic rings. The molecule has 0 bridgehead atoms. The van der Waals surface area contributed by atoms with E-state index in [1.165, 1.54) is 0 Å². The molecule has 22 heavy (non-hydrogen) atoms. The minimum atomic E-state index is -0.904. The maximum atomic E-state index is 11.9. The summed E-state index contributed by atoms with van der Waals surface area (Å²) in [5.41, 5.74) is 1.89. The molecule has 1 fully saturated rings. The molecule has 1 aromatic rings. The van der Waals surface area contributed by atoms with Crippen molar-refractivity contribution in [2.24, 2.45) is 0 Å². The van der Waals surface area contributed by atoms with E-state index in [0.29, 0.717) is 13.0 Å². The molecule has 120 valence electrons. The number of aliphatic hydroxyl groups is 1. The molecule has 6 nitrogen and oxygen atoms in total. The Bertz CT molecular complexity index is 566. The molecule has 6 heteroatoms. The van der Waals surface area contributed by atoms with Crippen LogP contribution in [0.15, 0.2) is 18.2 Å². The topological polar surface area (TPSA) is 90.5 Å². The van der Waals surface area contributed by atoms with E-state index in [4.69, 9.17) is 0 Å². The van der Waals surface area contributed by atoms with Gasteiger partial charge in [-0.05, 0) is 44.0 Å². The van der Waals surface area contributed by atoms with Crippen molar-refractivity contribution in [3.63, 3.8) is 0 Å². The van der Waals surface area contributed by atoms with Crippen molar-refractivity contribution in [2.45, 2.75) is 32.3 Å². The molecule has 1 atom stereocenters. The van der Waals surface area contributed by atoms with Crippen LogP contribution in [-0.2, 0) is 9.59 Å². The van der Waals surface area contributed by atoms with Gasteiger partial charge in [-0.1, -0.05) is 12.1 Å². The predicted molar refractivity (Wildman–Crippen MR) is 84.6 cm³/mol. The largest absolute Gasteiger partial charge is 0.387 e. The summed E-state index contributed by atoms with van der Waals surface area (Å²) < 4.78 is 0. The first-order valence-corrected chi connectivity index (χ1v) is 7.45. The van der Waals surface area contributed by atoms with Crippen molar-refractivity contribution in [1.82, 2.24) is 10.6 Å². The summed E-state index contributed by atoms with van der Waals surface area (Å²) in [6.07, 6.45) is 0.346. The van der Waals surface area contributed by atoms with E-state index in [1.807, 2.05) is 32.0 Å². The Morgan fingerprint density at radius 3 is 2.77 bits per heavy atom. The fourth-order valence-corrected chi connectivity index (χ4v) is 2.43. The van der Waals surface area contributed by atoms with Gasteiger partial charge in [0.25, 0.3) is 0 Å². The Balaban J connectivity index is 1.81. The summed E-state index contributed by atoms with van der Waals surface area (Å²) >= 11 is 0. The van der Waals surface area contributed by atoms with Crippen molar-refractivity contribution in [3.05, 3.63) is 29.3 Å². The average Bonchev–Trinajstić information content (AvgIpc) is 2.89. The molecule has 1 aromatic carbocycles. The lowest BCUT2D eigenvalue weighted by Crippen LogP contribution is -2.45. The zero-order valence-corrected chi connectivity index (χ0v) is 13.0. The monoisotopic (exact) mass is 305 g/mol. The number of aryl methyl sites for hydroxylation is 1. The molecule has 2 rings (SSSR count).